The Bertz CT molecular complexity index is 857. The van der Waals surface area contributed by atoms with Crippen LogP contribution in [0.3, 0.4) is 0 Å². The van der Waals surface area contributed by atoms with Crippen LogP contribution >= 0.6 is 23.2 Å². The Kier molecular flexibility index (Phi) is 8.07. The third kappa shape index (κ3) is 5.68. The summed E-state index contributed by atoms with van der Waals surface area (Å²) in [6, 6.07) is 4.73. The highest BCUT2D eigenvalue weighted by molar-refractivity contribution is 7.89. The molecular formula is C21H31Cl2N3O3S. The number of carbonyl (C=O) groups is 1. The Hall–Kier alpha value is -0.860. The molecule has 1 aromatic carbocycles. The molecule has 3 rings (SSSR count). The van der Waals surface area contributed by atoms with Crippen LogP contribution in [0.2, 0.25) is 10.0 Å². The standard InChI is InChI=1S/C21H31Cl2N3O3S/c1-15-4-3-9-25(14-15)16(2)13-24-21(27)17-7-10-26(11-8-17)30(28,29)20-12-18(22)5-6-19(20)23/h5-6,12,15-17H,3-4,7-11,13-14H2,1-2H3,(H,24,27). The predicted octanol–water partition coefficient (Wildman–Crippen LogP) is 3.63. The molecule has 6 nitrogen and oxygen atoms in total. The lowest BCUT2D eigenvalue weighted by Crippen LogP contribution is -2.48. The van der Waals surface area contributed by atoms with Gasteiger partial charge in [-0.15, -0.1) is 0 Å². The van der Waals surface area contributed by atoms with Crippen molar-refractivity contribution < 1.29 is 13.2 Å². The molecule has 2 saturated heterocycles. The number of piperidine rings is 2. The molecule has 0 aliphatic carbocycles. The zero-order valence-corrected chi connectivity index (χ0v) is 19.9. The summed E-state index contributed by atoms with van der Waals surface area (Å²) in [4.78, 5) is 15.1. The van der Waals surface area contributed by atoms with Crippen molar-refractivity contribution in [2.75, 3.05) is 32.7 Å². The number of carbonyl (C=O) groups excluding carboxylic acids is 1. The van der Waals surface area contributed by atoms with Crippen molar-refractivity contribution in [3.63, 3.8) is 0 Å². The number of benzene rings is 1. The number of nitrogens with zero attached hydrogens (tertiary/aromatic N) is 2. The zero-order valence-electron chi connectivity index (χ0n) is 17.6. The highest BCUT2D eigenvalue weighted by Gasteiger charge is 2.33. The Balaban J connectivity index is 1.51. The van der Waals surface area contributed by atoms with Crippen LogP contribution in [0.4, 0.5) is 0 Å². The number of amides is 1. The maximum Gasteiger partial charge on any atom is 0.244 e. The molecule has 0 saturated carbocycles. The molecule has 168 valence electrons. The SMILES string of the molecule is CC1CCCN(C(C)CNC(=O)C2CCN(S(=O)(=O)c3cc(Cl)ccc3Cl)CC2)C1. The fraction of sp³-hybridized carbons (Fsp3) is 0.667. The van der Waals surface area contributed by atoms with Crippen LogP contribution in [0.1, 0.15) is 39.5 Å². The molecule has 2 unspecified atom stereocenters. The van der Waals surface area contributed by atoms with Gasteiger partial charge in [0.25, 0.3) is 0 Å². The normalized spacial score (nSPS) is 23.3. The summed E-state index contributed by atoms with van der Waals surface area (Å²) < 4.78 is 27.3. The molecule has 0 aromatic heterocycles. The zero-order chi connectivity index (χ0) is 21.9. The van der Waals surface area contributed by atoms with Crippen molar-refractivity contribution in [1.82, 2.24) is 14.5 Å². The fourth-order valence-electron chi connectivity index (χ4n) is 4.32. The smallest absolute Gasteiger partial charge is 0.244 e. The van der Waals surface area contributed by atoms with Gasteiger partial charge in [-0.3, -0.25) is 9.69 Å². The van der Waals surface area contributed by atoms with Gasteiger partial charge in [-0.05, 0) is 63.3 Å². The maximum atomic E-state index is 12.9. The Labute approximate surface area is 189 Å². The number of hydrogen-bond acceptors (Lipinski definition) is 4. The fourth-order valence-corrected chi connectivity index (χ4v) is 6.53. The maximum absolute atomic E-state index is 12.9. The quantitative estimate of drug-likeness (QED) is 0.681. The summed E-state index contributed by atoms with van der Waals surface area (Å²) in [5.41, 5.74) is 0. The van der Waals surface area contributed by atoms with E-state index in [0.29, 0.717) is 49.5 Å². The molecule has 0 spiro atoms. The van der Waals surface area contributed by atoms with Gasteiger partial charge >= 0.3 is 0 Å². The monoisotopic (exact) mass is 475 g/mol. The molecule has 2 atom stereocenters. The molecule has 1 N–H and O–H groups in total. The van der Waals surface area contributed by atoms with E-state index in [0.717, 1.165) is 13.1 Å². The molecule has 2 heterocycles. The van der Waals surface area contributed by atoms with Crippen LogP contribution in [-0.2, 0) is 14.8 Å². The first-order valence-electron chi connectivity index (χ1n) is 10.7. The topological polar surface area (TPSA) is 69.7 Å². The molecule has 0 bridgehead atoms. The third-order valence-corrected chi connectivity index (χ3v) is 8.83. The second-order valence-electron chi connectivity index (χ2n) is 8.59. The second-order valence-corrected chi connectivity index (χ2v) is 11.3. The lowest BCUT2D eigenvalue weighted by atomic mass is 9.97. The van der Waals surface area contributed by atoms with Crippen molar-refractivity contribution in [3.05, 3.63) is 28.2 Å². The van der Waals surface area contributed by atoms with Crippen molar-refractivity contribution in [2.45, 2.75) is 50.5 Å². The van der Waals surface area contributed by atoms with E-state index in [9.17, 15) is 13.2 Å². The van der Waals surface area contributed by atoms with Crippen LogP contribution in [0.15, 0.2) is 23.1 Å². The first kappa shape index (κ1) is 23.8. The van der Waals surface area contributed by atoms with Gasteiger partial charge in [-0.2, -0.15) is 4.31 Å². The Morgan fingerprint density at radius 2 is 1.90 bits per heavy atom. The summed E-state index contributed by atoms with van der Waals surface area (Å²) in [5.74, 6) is 0.555. The van der Waals surface area contributed by atoms with Gasteiger partial charge < -0.3 is 5.32 Å². The average Bonchev–Trinajstić information content (AvgIpc) is 2.73. The van der Waals surface area contributed by atoms with E-state index in [1.54, 1.807) is 6.07 Å². The second kappa shape index (κ2) is 10.2. The largest absolute Gasteiger partial charge is 0.354 e. The molecule has 0 radical (unpaired) electrons. The van der Waals surface area contributed by atoms with E-state index < -0.39 is 10.0 Å². The summed E-state index contributed by atoms with van der Waals surface area (Å²) in [6.07, 6.45) is 3.48. The molecule has 2 aliphatic rings. The van der Waals surface area contributed by atoms with Gasteiger partial charge in [0.05, 0.1) is 5.02 Å². The van der Waals surface area contributed by atoms with Crippen LogP contribution in [0.25, 0.3) is 0 Å². The molecule has 30 heavy (non-hydrogen) atoms. The highest BCUT2D eigenvalue weighted by Crippen LogP contribution is 2.30. The van der Waals surface area contributed by atoms with Crippen LogP contribution in [-0.4, -0.2) is 62.3 Å². The lowest BCUT2D eigenvalue weighted by molar-refractivity contribution is -0.126. The van der Waals surface area contributed by atoms with E-state index in [1.807, 2.05) is 0 Å². The minimum absolute atomic E-state index is 0.0177. The first-order chi connectivity index (χ1) is 14.2. The van der Waals surface area contributed by atoms with E-state index in [1.165, 1.54) is 29.3 Å². The van der Waals surface area contributed by atoms with Crippen LogP contribution < -0.4 is 5.32 Å². The summed E-state index contributed by atoms with van der Waals surface area (Å²) in [5, 5.41) is 3.56. The molecule has 1 amide bonds. The molecule has 1 aromatic rings. The van der Waals surface area contributed by atoms with E-state index >= 15 is 0 Å². The molecule has 2 aliphatic heterocycles. The van der Waals surface area contributed by atoms with Gasteiger partial charge in [-0.1, -0.05) is 30.1 Å². The number of hydrogen-bond donors (Lipinski definition) is 1. The van der Waals surface area contributed by atoms with Gasteiger partial charge in [-0.25, -0.2) is 8.42 Å². The van der Waals surface area contributed by atoms with Gasteiger partial charge in [0.2, 0.25) is 15.9 Å². The van der Waals surface area contributed by atoms with Crippen molar-refractivity contribution in [3.8, 4) is 0 Å². The van der Waals surface area contributed by atoms with Crippen LogP contribution in [0.5, 0.6) is 0 Å². The predicted molar refractivity (Wildman–Crippen MR) is 120 cm³/mol. The lowest BCUT2D eigenvalue weighted by Gasteiger charge is -2.36. The van der Waals surface area contributed by atoms with Crippen LogP contribution in [0, 0.1) is 11.8 Å². The van der Waals surface area contributed by atoms with Crippen molar-refractivity contribution in [1.29, 1.82) is 0 Å². The minimum Gasteiger partial charge on any atom is -0.354 e. The molecule has 2 fully saturated rings. The van der Waals surface area contributed by atoms with Crippen molar-refractivity contribution in [2.24, 2.45) is 11.8 Å². The number of nitrogens with one attached hydrogen (secondary N) is 1. The van der Waals surface area contributed by atoms with E-state index in [-0.39, 0.29) is 21.7 Å². The summed E-state index contributed by atoms with van der Waals surface area (Å²) in [7, 11) is -3.73. The first-order valence-corrected chi connectivity index (χ1v) is 12.8. The number of halogens is 2. The average molecular weight is 476 g/mol. The highest BCUT2D eigenvalue weighted by atomic mass is 35.5. The van der Waals surface area contributed by atoms with Gasteiger partial charge in [0.1, 0.15) is 4.90 Å². The third-order valence-electron chi connectivity index (χ3n) is 6.22. The number of rotatable bonds is 6. The summed E-state index contributed by atoms with van der Waals surface area (Å²) >= 11 is 12.0. The minimum atomic E-state index is -3.73. The number of likely N-dealkylation sites (tertiary alicyclic amines) is 1. The van der Waals surface area contributed by atoms with Gasteiger partial charge in [0, 0.05) is 43.2 Å². The Morgan fingerprint density at radius 1 is 1.20 bits per heavy atom. The van der Waals surface area contributed by atoms with Gasteiger partial charge in [0.15, 0.2) is 0 Å². The van der Waals surface area contributed by atoms with E-state index in [4.69, 9.17) is 23.2 Å². The molecule has 9 heteroatoms. The van der Waals surface area contributed by atoms with Crippen molar-refractivity contribution >= 4 is 39.1 Å². The summed E-state index contributed by atoms with van der Waals surface area (Å²) in [6.45, 7) is 7.81. The Morgan fingerprint density at radius 3 is 2.57 bits per heavy atom. The number of sulfonamides is 1. The van der Waals surface area contributed by atoms with E-state index in [2.05, 4.69) is 24.1 Å². The molecular weight excluding hydrogens is 445 g/mol.